The van der Waals surface area contributed by atoms with Crippen LogP contribution >= 0.6 is 31.9 Å². The van der Waals surface area contributed by atoms with Gasteiger partial charge in [-0.3, -0.25) is 10.1 Å². The summed E-state index contributed by atoms with van der Waals surface area (Å²) in [6, 6.07) is 11.4. The third-order valence-electron chi connectivity index (χ3n) is 3.90. The van der Waals surface area contributed by atoms with Crippen molar-refractivity contribution >= 4 is 43.9 Å². The first kappa shape index (κ1) is 22.4. The molecule has 28 heavy (non-hydrogen) atoms. The average molecular weight is 517 g/mol. The maximum absolute atomic E-state index is 12.3. The van der Waals surface area contributed by atoms with E-state index in [1.165, 1.54) is 7.11 Å². The zero-order chi connectivity index (χ0) is 20.7. The quantitative estimate of drug-likeness (QED) is 0.515. The normalized spacial score (nSPS) is 12.9. The van der Waals surface area contributed by atoms with Crippen molar-refractivity contribution in [2.75, 3.05) is 13.7 Å². The van der Waals surface area contributed by atoms with Crippen LogP contribution in [-0.4, -0.2) is 42.0 Å². The summed E-state index contributed by atoms with van der Waals surface area (Å²) in [5, 5.41) is 21.9. The van der Waals surface area contributed by atoms with Gasteiger partial charge in [-0.2, -0.15) is 0 Å². The van der Waals surface area contributed by atoms with Crippen molar-refractivity contribution in [1.82, 2.24) is 5.32 Å². The van der Waals surface area contributed by atoms with Gasteiger partial charge in [0.05, 0.1) is 4.47 Å². The minimum absolute atomic E-state index is 0.143. The molecule has 2 amide bonds. The number of nitrogens with one attached hydrogen (secondary N) is 1. The van der Waals surface area contributed by atoms with Crippen LogP contribution in [0.4, 0.5) is 4.79 Å². The summed E-state index contributed by atoms with van der Waals surface area (Å²) in [5.74, 6) is -0.768. The number of rotatable bonds is 7. The van der Waals surface area contributed by atoms with Gasteiger partial charge >= 0.3 is 6.09 Å². The van der Waals surface area contributed by atoms with Crippen molar-refractivity contribution in [2.24, 2.45) is 0 Å². The molecule has 2 atom stereocenters. The van der Waals surface area contributed by atoms with Gasteiger partial charge in [-0.15, -0.1) is 0 Å². The largest absolute Gasteiger partial charge is 0.506 e. The smallest absolute Gasteiger partial charge is 0.414 e. The molecule has 0 aliphatic carbocycles. The molecular formula is C19H19Br2NO6. The van der Waals surface area contributed by atoms with Gasteiger partial charge in [0.15, 0.2) is 6.10 Å². The molecule has 2 aromatic carbocycles. The van der Waals surface area contributed by atoms with Crippen molar-refractivity contribution in [1.29, 1.82) is 0 Å². The Hall–Kier alpha value is -1.94. The van der Waals surface area contributed by atoms with Gasteiger partial charge in [-0.1, -0.05) is 34.1 Å². The second kappa shape index (κ2) is 10.6. The number of ether oxygens (including phenoxy) is 2. The fraction of sp³-hybridized carbons (Fsp3) is 0.263. The third kappa shape index (κ3) is 5.78. The lowest BCUT2D eigenvalue weighted by Gasteiger charge is -2.27. The number of benzene rings is 2. The highest BCUT2D eigenvalue weighted by Crippen LogP contribution is 2.39. The topological polar surface area (TPSA) is 105 Å². The van der Waals surface area contributed by atoms with E-state index in [4.69, 9.17) is 9.47 Å². The maximum Gasteiger partial charge on any atom is 0.414 e. The molecular weight excluding hydrogens is 498 g/mol. The number of phenolic OH excluding ortho intramolecular Hbond substituents is 1. The van der Waals surface area contributed by atoms with Crippen LogP contribution in [0.15, 0.2) is 51.4 Å². The summed E-state index contributed by atoms with van der Waals surface area (Å²) in [6.45, 7) is -0.223. The van der Waals surface area contributed by atoms with Gasteiger partial charge in [0, 0.05) is 35.7 Å². The second-order valence-electron chi connectivity index (χ2n) is 5.76. The Kier molecular flexibility index (Phi) is 8.43. The second-order valence-corrected chi connectivity index (χ2v) is 7.53. The summed E-state index contributed by atoms with van der Waals surface area (Å²) in [4.78, 5) is 24.5. The predicted molar refractivity (Wildman–Crippen MR) is 109 cm³/mol. The lowest BCUT2D eigenvalue weighted by Crippen LogP contribution is -2.35. The number of aromatic hydroxyl groups is 1. The molecule has 0 saturated carbocycles. The highest BCUT2D eigenvalue weighted by molar-refractivity contribution is 9.11. The van der Waals surface area contributed by atoms with E-state index in [0.717, 1.165) is 0 Å². The van der Waals surface area contributed by atoms with Gasteiger partial charge in [0.2, 0.25) is 0 Å². The van der Waals surface area contributed by atoms with Crippen LogP contribution in [0, 0.1) is 0 Å². The van der Waals surface area contributed by atoms with Crippen molar-refractivity contribution in [2.45, 2.75) is 18.6 Å². The van der Waals surface area contributed by atoms with Crippen molar-refractivity contribution < 1.29 is 29.3 Å². The van der Waals surface area contributed by atoms with E-state index < -0.39 is 24.2 Å². The lowest BCUT2D eigenvalue weighted by molar-refractivity contribution is -0.0346. The molecule has 0 aliphatic heterocycles. The standard InChI is InChI=1S/C19H19Br2NO6/c1-27-15(7-8-23)17(13-9-12(20)10-14(21)16(13)24)28-19(26)22-18(25)11-5-3-2-4-6-11/h2-6,9-10,15,17,23-24H,7-8H2,1H3,(H,22,25,26)/t15-,17-/m1/s1. The monoisotopic (exact) mass is 515 g/mol. The predicted octanol–water partition coefficient (Wildman–Crippen LogP) is 3.92. The molecule has 3 N–H and O–H groups in total. The zero-order valence-electron chi connectivity index (χ0n) is 14.9. The summed E-state index contributed by atoms with van der Waals surface area (Å²) < 4.78 is 11.8. The molecule has 150 valence electrons. The summed E-state index contributed by atoms with van der Waals surface area (Å²) in [6.07, 6.45) is -2.69. The number of halogens is 2. The minimum atomic E-state index is -1.07. The number of imide groups is 1. The zero-order valence-corrected chi connectivity index (χ0v) is 18.1. The third-order valence-corrected chi connectivity index (χ3v) is 4.97. The van der Waals surface area contributed by atoms with Crippen LogP contribution in [-0.2, 0) is 9.47 Å². The van der Waals surface area contributed by atoms with E-state index in [0.29, 0.717) is 14.5 Å². The fourth-order valence-electron chi connectivity index (χ4n) is 2.56. The Morgan fingerprint density at radius 2 is 1.86 bits per heavy atom. The number of aliphatic hydroxyl groups excluding tert-OH is 1. The fourth-order valence-corrected chi connectivity index (χ4v) is 3.82. The van der Waals surface area contributed by atoms with E-state index in [1.54, 1.807) is 42.5 Å². The Morgan fingerprint density at radius 3 is 2.46 bits per heavy atom. The van der Waals surface area contributed by atoms with Crippen LogP contribution in [0.1, 0.15) is 28.4 Å². The Bertz CT molecular complexity index is 831. The highest BCUT2D eigenvalue weighted by Gasteiger charge is 2.31. The van der Waals surface area contributed by atoms with Crippen molar-refractivity contribution in [3.8, 4) is 5.75 Å². The molecule has 0 heterocycles. The molecule has 0 saturated heterocycles. The molecule has 0 bridgehead atoms. The number of hydrogen-bond acceptors (Lipinski definition) is 6. The maximum atomic E-state index is 12.3. The first-order valence-electron chi connectivity index (χ1n) is 8.26. The summed E-state index contributed by atoms with van der Waals surface area (Å²) in [7, 11) is 1.40. The molecule has 0 unspecified atom stereocenters. The first-order chi connectivity index (χ1) is 13.4. The number of amides is 2. The van der Waals surface area contributed by atoms with Crippen LogP contribution < -0.4 is 5.32 Å². The SMILES string of the molecule is CO[C@H](CCO)[C@H](OC(=O)NC(=O)c1ccccc1)c1cc(Br)cc(Br)c1O. The summed E-state index contributed by atoms with van der Waals surface area (Å²) in [5.41, 5.74) is 0.548. The number of alkyl carbamates (subject to hydrolysis) is 1. The lowest BCUT2D eigenvalue weighted by atomic mass is 10.0. The molecule has 9 heteroatoms. The number of methoxy groups -OCH3 is 1. The molecule has 0 aliphatic rings. The Morgan fingerprint density at radius 1 is 1.18 bits per heavy atom. The van der Waals surface area contributed by atoms with Crippen LogP contribution in [0.2, 0.25) is 0 Å². The first-order valence-corrected chi connectivity index (χ1v) is 9.84. The van der Waals surface area contributed by atoms with E-state index >= 15 is 0 Å². The number of carbonyl (C=O) groups is 2. The van der Waals surface area contributed by atoms with E-state index in [9.17, 15) is 19.8 Å². The average Bonchev–Trinajstić information content (AvgIpc) is 2.68. The Balaban J connectivity index is 2.27. The molecule has 2 aromatic rings. The number of aliphatic hydroxyl groups is 1. The van der Waals surface area contributed by atoms with Crippen LogP contribution in [0.3, 0.4) is 0 Å². The molecule has 0 aromatic heterocycles. The molecule has 7 nitrogen and oxygen atoms in total. The number of carbonyl (C=O) groups excluding carboxylic acids is 2. The number of phenols is 1. The molecule has 0 spiro atoms. The van der Waals surface area contributed by atoms with Gasteiger partial charge in [0.1, 0.15) is 11.9 Å². The van der Waals surface area contributed by atoms with E-state index in [1.807, 2.05) is 0 Å². The van der Waals surface area contributed by atoms with Gasteiger partial charge in [-0.25, -0.2) is 4.79 Å². The van der Waals surface area contributed by atoms with Gasteiger partial charge < -0.3 is 19.7 Å². The summed E-state index contributed by atoms with van der Waals surface area (Å²) >= 11 is 6.55. The van der Waals surface area contributed by atoms with Crippen LogP contribution in [0.5, 0.6) is 5.75 Å². The molecule has 2 rings (SSSR count). The Labute approximate surface area is 178 Å². The minimum Gasteiger partial charge on any atom is -0.506 e. The van der Waals surface area contributed by atoms with E-state index in [-0.39, 0.29) is 24.3 Å². The van der Waals surface area contributed by atoms with Gasteiger partial charge in [0.25, 0.3) is 5.91 Å². The molecule has 0 radical (unpaired) electrons. The van der Waals surface area contributed by atoms with Gasteiger partial charge in [-0.05, 0) is 40.2 Å². The highest BCUT2D eigenvalue weighted by atomic mass is 79.9. The van der Waals surface area contributed by atoms with Crippen molar-refractivity contribution in [3.05, 3.63) is 62.5 Å². The van der Waals surface area contributed by atoms with Crippen LogP contribution in [0.25, 0.3) is 0 Å². The number of hydrogen-bond donors (Lipinski definition) is 3. The van der Waals surface area contributed by atoms with E-state index in [2.05, 4.69) is 37.2 Å². The van der Waals surface area contributed by atoms with Crippen molar-refractivity contribution in [3.63, 3.8) is 0 Å². The molecule has 0 fully saturated rings.